The van der Waals surface area contributed by atoms with Gasteiger partial charge in [0.1, 0.15) is 11.5 Å². The fourth-order valence-electron chi connectivity index (χ4n) is 3.43. The van der Waals surface area contributed by atoms with Crippen molar-refractivity contribution >= 4 is 27.8 Å². The third kappa shape index (κ3) is 5.83. The highest BCUT2D eigenvalue weighted by Crippen LogP contribution is 2.29. The summed E-state index contributed by atoms with van der Waals surface area (Å²) in [5.74, 6) is 1.23. The zero-order valence-corrected chi connectivity index (χ0v) is 18.4. The highest BCUT2D eigenvalue weighted by atomic mass is 79.9. The van der Waals surface area contributed by atoms with Crippen LogP contribution in [0.1, 0.15) is 24.8 Å². The van der Waals surface area contributed by atoms with Crippen molar-refractivity contribution in [3.05, 3.63) is 83.0 Å². The van der Waals surface area contributed by atoms with Crippen LogP contribution in [0.2, 0.25) is 0 Å². The molecule has 2 aromatic rings. The maximum Gasteiger partial charge on any atom is 0.419 e. The maximum atomic E-state index is 13.1. The quantitative estimate of drug-likeness (QED) is 0.525. The summed E-state index contributed by atoms with van der Waals surface area (Å²) in [6.07, 6.45) is 2.97. The molecule has 0 bridgehead atoms. The molecule has 1 heterocycles. The molecule has 1 aliphatic rings. The molecule has 0 saturated carbocycles. The van der Waals surface area contributed by atoms with Crippen molar-refractivity contribution in [1.82, 2.24) is 4.90 Å². The standard InChI is InChI=1S/C24H24BrNO4/c1-17(25)8-11-19-15-21(27)16-20(14-18-9-12-22(29-2)13-10-18)26(19)24(28)30-23-6-4-3-5-7-23/h3-7,9-10,12-13,15,20H,1,8,11,14,16H2,2H3. The van der Waals surface area contributed by atoms with E-state index < -0.39 is 6.09 Å². The van der Waals surface area contributed by atoms with Gasteiger partial charge in [-0.25, -0.2) is 4.79 Å². The van der Waals surface area contributed by atoms with E-state index in [1.165, 1.54) is 0 Å². The van der Waals surface area contributed by atoms with Gasteiger partial charge in [-0.05, 0) is 53.6 Å². The molecule has 1 unspecified atom stereocenters. The minimum atomic E-state index is -0.487. The number of carbonyl (C=O) groups is 2. The number of carbonyl (C=O) groups excluding carboxylic acids is 2. The predicted octanol–water partition coefficient (Wildman–Crippen LogP) is 5.65. The first kappa shape index (κ1) is 21.8. The van der Waals surface area contributed by atoms with E-state index in [-0.39, 0.29) is 18.2 Å². The first-order valence-electron chi connectivity index (χ1n) is 9.72. The number of allylic oxidation sites excluding steroid dienone is 3. The number of rotatable bonds is 7. The lowest BCUT2D eigenvalue weighted by atomic mass is 9.94. The second kappa shape index (κ2) is 10.3. The minimum absolute atomic E-state index is 0.00691. The van der Waals surface area contributed by atoms with Gasteiger partial charge in [0.25, 0.3) is 0 Å². The molecular weight excluding hydrogens is 446 g/mol. The van der Waals surface area contributed by atoms with Crippen LogP contribution >= 0.6 is 15.9 Å². The molecule has 30 heavy (non-hydrogen) atoms. The maximum absolute atomic E-state index is 13.1. The Morgan fingerprint density at radius 3 is 2.47 bits per heavy atom. The van der Waals surface area contributed by atoms with Crippen LogP contribution in [0.25, 0.3) is 0 Å². The molecular formula is C24H24BrNO4. The van der Waals surface area contributed by atoms with Crippen molar-refractivity contribution in [1.29, 1.82) is 0 Å². The van der Waals surface area contributed by atoms with E-state index in [1.54, 1.807) is 30.2 Å². The number of nitrogens with zero attached hydrogens (tertiary/aromatic N) is 1. The Morgan fingerprint density at radius 2 is 1.83 bits per heavy atom. The van der Waals surface area contributed by atoms with Crippen LogP contribution in [0.3, 0.4) is 0 Å². The van der Waals surface area contributed by atoms with E-state index in [9.17, 15) is 9.59 Å². The number of amides is 1. The second-order valence-electron chi connectivity index (χ2n) is 7.08. The molecule has 5 nitrogen and oxygen atoms in total. The van der Waals surface area contributed by atoms with Crippen LogP contribution < -0.4 is 9.47 Å². The predicted molar refractivity (Wildman–Crippen MR) is 120 cm³/mol. The summed E-state index contributed by atoms with van der Waals surface area (Å²) in [5, 5.41) is 0. The van der Waals surface area contributed by atoms with Gasteiger partial charge in [0.05, 0.1) is 13.2 Å². The molecule has 2 aromatic carbocycles. The fourth-order valence-corrected chi connectivity index (χ4v) is 3.63. The number of halogens is 1. The number of methoxy groups -OCH3 is 1. The van der Waals surface area contributed by atoms with Crippen molar-refractivity contribution in [2.24, 2.45) is 0 Å². The van der Waals surface area contributed by atoms with Crippen molar-refractivity contribution in [3.8, 4) is 11.5 Å². The summed E-state index contributed by atoms with van der Waals surface area (Å²) >= 11 is 3.36. The van der Waals surface area contributed by atoms with Crippen molar-refractivity contribution in [2.75, 3.05) is 7.11 Å². The number of para-hydroxylation sites is 1. The van der Waals surface area contributed by atoms with E-state index >= 15 is 0 Å². The van der Waals surface area contributed by atoms with Gasteiger partial charge in [-0.2, -0.15) is 0 Å². The smallest absolute Gasteiger partial charge is 0.419 e. The third-order valence-corrected chi connectivity index (χ3v) is 5.26. The van der Waals surface area contributed by atoms with Gasteiger partial charge in [-0.1, -0.05) is 52.8 Å². The Morgan fingerprint density at radius 1 is 1.13 bits per heavy atom. The lowest BCUT2D eigenvalue weighted by Gasteiger charge is -2.35. The Kier molecular flexibility index (Phi) is 7.46. The first-order chi connectivity index (χ1) is 14.5. The summed E-state index contributed by atoms with van der Waals surface area (Å²) in [5.41, 5.74) is 1.66. The van der Waals surface area contributed by atoms with Gasteiger partial charge in [0, 0.05) is 18.2 Å². The van der Waals surface area contributed by atoms with E-state index in [4.69, 9.17) is 9.47 Å². The zero-order chi connectivity index (χ0) is 21.5. The number of benzene rings is 2. The summed E-state index contributed by atoms with van der Waals surface area (Å²) in [6.45, 7) is 3.86. The van der Waals surface area contributed by atoms with Gasteiger partial charge in [0.2, 0.25) is 0 Å². The van der Waals surface area contributed by atoms with Crippen LogP contribution in [-0.4, -0.2) is 29.9 Å². The molecule has 0 spiro atoms. The van der Waals surface area contributed by atoms with Gasteiger partial charge in [0.15, 0.2) is 5.78 Å². The molecule has 1 amide bonds. The lowest BCUT2D eigenvalue weighted by molar-refractivity contribution is -0.116. The highest BCUT2D eigenvalue weighted by molar-refractivity contribution is 9.11. The van der Waals surface area contributed by atoms with Crippen LogP contribution in [0.5, 0.6) is 11.5 Å². The summed E-state index contributed by atoms with van der Waals surface area (Å²) < 4.78 is 11.6. The van der Waals surface area contributed by atoms with Crippen molar-refractivity contribution < 1.29 is 19.1 Å². The second-order valence-corrected chi connectivity index (χ2v) is 8.20. The van der Waals surface area contributed by atoms with Gasteiger partial charge in [-0.15, -0.1) is 0 Å². The molecule has 0 saturated heterocycles. The van der Waals surface area contributed by atoms with Gasteiger partial charge >= 0.3 is 6.09 Å². The van der Waals surface area contributed by atoms with Crippen molar-refractivity contribution in [3.63, 3.8) is 0 Å². The lowest BCUT2D eigenvalue weighted by Crippen LogP contribution is -2.46. The van der Waals surface area contributed by atoms with Crippen LogP contribution in [0.15, 0.2) is 77.4 Å². The molecule has 0 aromatic heterocycles. The Hall–Kier alpha value is -2.86. The fraction of sp³-hybridized carbons (Fsp3) is 0.250. The number of hydrogen-bond acceptors (Lipinski definition) is 4. The molecule has 0 radical (unpaired) electrons. The van der Waals surface area contributed by atoms with Crippen LogP contribution in [-0.2, 0) is 11.2 Å². The van der Waals surface area contributed by atoms with Crippen LogP contribution in [0.4, 0.5) is 4.79 Å². The molecule has 3 rings (SSSR count). The number of ether oxygens (including phenoxy) is 2. The molecule has 1 atom stereocenters. The van der Waals surface area contributed by atoms with E-state index in [0.29, 0.717) is 30.7 Å². The van der Waals surface area contributed by atoms with Crippen LogP contribution in [0, 0.1) is 0 Å². The van der Waals surface area contributed by atoms with Gasteiger partial charge in [-0.3, -0.25) is 9.69 Å². The van der Waals surface area contributed by atoms with E-state index in [2.05, 4.69) is 22.5 Å². The SMILES string of the molecule is C=C(Br)CCC1=CC(=O)CC(Cc2ccc(OC)cc2)N1C(=O)Oc1ccccc1. The zero-order valence-electron chi connectivity index (χ0n) is 16.8. The monoisotopic (exact) mass is 469 g/mol. The number of ketones is 1. The molecule has 156 valence electrons. The first-order valence-corrected chi connectivity index (χ1v) is 10.5. The molecule has 1 aliphatic heterocycles. The Balaban J connectivity index is 1.86. The molecule has 0 aliphatic carbocycles. The molecule has 0 N–H and O–H groups in total. The average molecular weight is 470 g/mol. The summed E-state index contributed by atoms with van der Waals surface area (Å²) in [4.78, 5) is 27.2. The average Bonchev–Trinajstić information content (AvgIpc) is 2.73. The highest BCUT2D eigenvalue weighted by Gasteiger charge is 2.34. The summed E-state index contributed by atoms with van der Waals surface area (Å²) in [7, 11) is 1.62. The van der Waals surface area contributed by atoms with Gasteiger partial charge < -0.3 is 9.47 Å². The molecule has 6 heteroatoms. The van der Waals surface area contributed by atoms with E-state index in [0.717, 1.165) is 15.8 Å². The number of hydrogen-bond donors (Lipinski definition) is 0. The Bertz CT molecular complexity index is 937. The van der Waals surface area contributed by atoms with E-state index in [1.807, 2.05) is 42.5 Å². The van der Waals surface area contributed by atoms with Crippen molar-refractivity contribution in [2.45, 2.75) is 31.7 Å². The Labute approximate surface area is 185 Å². The summed E-state index contributed by atoms with van der Waals surface area (Å²) in [6, 6.07) is 16.2. The largest absolute Gasteiger partial charge is 0.497 e. The molecule has 0 fully saturated rings. The minimum Gasteiger partial charge on any atom is -0.497 e. The topological polar surface area (TPSA) is 55.8 Å². The normalized spacial score (nSPS) is 16.1. The third-order valence-electron chi connectivity index (χ3n) is 4.87.